The molecule has 2 N–H and O–H groups in total. The summed E-state index contributed by atoms with van der Waals surface area (Å²) in [6.07, 6.45) is 1.13. The Morgan fingerprint density at radius 1 is 1.37 bits per heavy atom. The lowest BCUT2D eigenvalue weighted by Crippen LogP contribution is -2.35. The highest BCUT2D eigenvalue weighted by molar-refractivity contribution is 6.01. The molecule has 102 valence electrons. The van der Waals surface area contributed by atoms with Crippen LogP contribution < -0.4 is 10.9 Å². The van der Waals surface area contributed by atoms with Crippen LogP contribution in [-0.2, 0) is 6.42 Å². The third-order valence-corrected chi connectivity index (χ3v) is 3.17. The number of pyridine rings is 1. The smallest absolute Gasteiger partial charge is 0.261 e. The molecule has 1 amide bonds. The molecular weight excluding hydrogens is 244 g/mol. The first-order valence-corrected chi connectivity index (χ1v) is 6.48. The molecule has 0 aliphatic heterocycles. The molecule has 1 aliphatic carbocycles. The second-order valence-electron chi connectivity index (χ2n) is 5.47. The molecule has 0 saturated carbocycles. The number of fused-ring (bicyclic) bond motifs is 1. The fourth-order valence-electron chi connectivity index (χ4n) is 2.33. The van der Waals surface area contributed by atoms with E-state index in [2.05, 4.69) is 10.3 Å². The number of nitrogens with one attached hydrogen (secondary N) is 2. The zero-order valence-corrected chi connectivity index (χ0v) is 11.4. The molecule has 19 heavy (non-hydrogen) atoms. The van der Waals surface area contributed by atoms with Crippen LogP contribution >= 0.6 is 0 Å². The second-order valence-corrected chi connectivity index (χ2v) is 5.47. The first-order chi connectivity index (χ1) is 8.88. The summed E-state index contributed by atoms with van der Waals surface area (Å²) in [5.41, 5.74) is 0.704. The van der Waals surface area contributed by atoms with Gasteiger partial charge in [0.2, 0.25) is 0 Å². The van der Waals surface area contributed by atoms with E-state index in [1.165, 1.54) is 6.07 Å². The lowest BCUT2D eigenvalue weighted by atomic mass is 9.86. The van der Waals surface area contributed by atoms with Crippen LogP contribution in [0.2, 0.25) is 0 Å². The molecule has 0 unspecified atom stereocenters. The summed E-state index contributed by atoms with van der Waals surface area (Å²) >= 11 is 0. The molecule has 2 rings (SSSR count). The topological polar surface area (TPSA) is 79.0 Å². The van der Waals surface area contributed by atoms with E-state index < -0.39 is 11.5 Å². The summed E-state index contributed by atoms with van der Waals surface area (Å²) < 4.78 is 0. The van der Waals surface area contributed by atoms with E-state index in [-0.39, 0.29) is 23.3 Å². The van der Waals surface area contributed by atoms with Gasteiger partial charge in [-0.25, -0.2) is 0 Å². The largest absolute Gasteiger partial charge is 0.350 e. The van der Waals surface area contributed by atoms with Crippen LogP contribution in [0.4, 0.5) is 0 Å². The molecule has 1 heterocycles. The van der Waals surface area contributed by atoms with E-state index in [9.17, 15) is 14.4 Å². The fourth-order valence-corrected chi connectivity index (χ4v) is 2.33. The highest BCUT2D eigenvalue weighted by Gasteiger charge is 2.25. The minimum atomic E-state index is -0.439. The van der Waals surface area contributed by atoms with Gasteiger partial charge in [-0.05, 0) is 32.3 Å². The van der Waals surface area contributed by atoms with Crippen molar-refractivity contribution < 1.29 is 9.59 Å². The Hall–Kier alpha value is -1.91. The summed E-state index contributed by atoms with van der Waals surface area (Å²) in [6.45, 7) is 5.60. The van der Waals surface area contributed by atoms with Crippen molar-refractivity contribution in [2.24, 2.45) is 5.92 Å². The molecule has 1 aromatic heterocycles. The van der Waals surface area contributed by atoms with Crippen molar-refractivity contribution in [3.05, 3.63) is 33.2 Å². The second kappa shape index (κ2) is 4.99. The molecule has 0 spiro atoms. The number of aromatic nitrogens is 1. The molecule has 0 bridgehead atoms. The van der Waals surface area contributed by atoms with Crippen LogP contribution in [0.15, 0.2) is 10.9 Å². The number of carbonyl (C=O) groups excluding carboxylic acids is 2. The third-order valence-electron chi connectivity index (χ3n) is 3.17. The molecule has 1 atom stereocenters. The van der Waals surface area contributed by atoms with Crippen LogP contribution in [0.1, 0.15) is 53.6 Å². The van der Waals surface area contributed by atoms with Gasteiger partial charge < -0.3 is 10.3 Å². The molecule has 5 nitrogen and oxygen atoms in total. The quantitative estimate of drug-likeness (QED) is 0.842. The Kier molecular flexibility index (Phi) is 3.55. The zero-order valence-electron chi connectivity index (χ0n) is 11.4. The maximum absolute atomic E-state index is 12.0. The molecule has 1 aliphatic rings. The number of carbonyl (C=O) groups is 2. The van der Waals surface area contributed by atoms with E-state index in [1.807, 2.05) is 20.8 Å². The molecule has 0 aromatic carbocycles. The summed E-state index contributed by atoms with van der Waals surface area (Å²) in [5, 5.41) is 2.66. The highest BCUT2D eigenvalue weighted by atomic mass is 16.2. The Balaban J connectivity index is 2.44. The van der Waals surface area contributed by atoms with Gasteiger partial charge in [-0.2, -0.15) is 0 Å². The molecule has 0 fully saturated rings. The number of hydrogen-bond acceptors (Lipinski definition) is 3. The van der Waals surface area contributed by atoms with Gasteiger partial charge in [0.05, 0.1) is 0 Å². The van der Waals surface area contributed by atoms with Gasteiger partial charge in [-0.3, -0.25) is 14.4 Å². The van der Waals surface area contributed by atoms with E-state index in [0.29, 0.717) is 24.1 Å². The average molecular weight is 262 g/mol. The Morgan fingerprint density at radius 2 is 2.05 bits per heavy atom. The SMILES string of the molecule is CC(C)NC(=O)c1cc2c([nH]c1=O)C[C@H](C)CC2=O. The van der Waals surface area contributed by atoms with Crippen molar-refractivity contribution in [3.8, 4) is 0 Å². The van der Waals surface area contributed by atoms with Crippen LogP contribution in [0.3, 0.4) is 0 Å². The van der Waals surface area contributed by atoms with Gasteiger partial charge in [0.1, 0.15) is 5.56 Å². The number of ketones is 1. The number of aromatic amines is 1. The van der Waals surface area contributed by atoms with Gasteiger partial charge in [-0.1, -0.05) is 6.92 Å². The van der Waals surface area contributed by atoms with Crippen LogP contribution in [-0.4, -0.2) is 22.7 Å². The summed E-state index contributed by atoms with van der Waals surface area (Å²) in [6, 6.07) is 1.37. The third kappa shape index (κ3) is 2.75. The van der Waals surface area contributed by atoms with Crippen LogP contribution in [0, 0.1) is 5.92 Å². The van der Waals surface area contributed by atoms with Crippen molar-refractivity contribution in [1.29, 1.82) is 0 Å². The number of hydrogen-bond donors (Lipinski definition) is 2. The molecular formula is C14H18N2O3. The van der Waals surface area contributed by atoms with Crippen molar-refractivity contribution >= 4 is 11.7 Å². The molecule has 5 heteroatoms. The predicted molar refractivity (Wildman–Crippen MR) is 71.5 cm³/mol. The predicted octanol–water partition coefficient (Wildman–Crippen LogP) is 1.28. The van der Waals surface area contributed by atoms with Gasteiger partial charge in [0.25, 0.3) is 11.5 Å². The number of Topliss-reactive ketones (excluding diaryl/α,β-unsaturated/α-hetero) is 1. The number of amides is 1. The van der Waals surface area contributed by atoms with Crippen molar-refractivity contribution in [1.82, 2.24) is 10.3 Å². The molecule has 1 aromatic rings. The van der Waals surface area contributed by atoms with Crippen molar-refractivity contribution in [2.45, 2.75) is 39.7 Å². The Morgan fingerprint density at radius 3 is 2.68 bits per heavy atom. The lowest BCUT2D eigenvalue weighted by Gasteiger charge is -2.20. The van der Waals surface area contributed by atoms with Crippen LogP contribution in [0.5, 0.6) is 0 Å². The minimum Gasteiger partial charge on any atom is -0.350 e. The number of rotatable bonds is 2. The van der Waals surface area contributed by atoms with Crippen molar-refractivity contribution in [3.63, 3.8) is 0 Å². The lowest BCUT2D eigenvalue weighted by molar-refractivity contribution is 0.0941. The summed E-state index contributed by atoms with van der Waals surface area (Å²) in [5.74, 6) is -0.222. The first-order valence-electron chi connectivity index (χ1n) is 6.48. The zero-order chi connectivity index (χ0) is 14.2. The average Bonchev–Trinajstić information content (AvgIpc) is 2.26. The normalized spacial score (nSPS) is 18.3. The van der Waals surface area contributed by atoms with Crippen LogP contribution in [0.25, 0.3) is 0 Å². The van der Waals surface area contributed by atoms with E-state index in [0.717, 1.165) is 0 Å². The summed E-state index contributed by atoms with van der Waals surface area (Å²) in [7, 11) is 0. The molecule has 0 saturated heterocycles. The van der Waals surface area contributed by atoms with Gasteiger partial charge in [-0.15, -0.1) is 0 Å². The monoisotopic (exact) mass is 262 g/mol. The molecule has 0 radical (unpaired) electrons. The minimum absolute atomic E-state index is 0.00959. The standard InChI is InChI=1S/C14H18N2O3/c1-7(2)15-13(18)10-6-9-11(16-14(10)19)4-8(3)5-12(9)17/h6-8H,4-5H2,1-3H3,(H,15,18)(H,16,19)/t8-/m0/s1. The van der Waals surface area contributed by atoms with E-state index in [4.69, 9.17) is 0 Å². The van der Waals surface area contributed by atoms with Crippen molar-refractivity contribution in [2.75, 3.05) is 0 Å². The van der Waals surface area contributed by atoms with Gasteiger partial charge in [0.15, 0.2) is 5.78 Å². The Bertz CT molecular complexity index is 587. The van der Waals surface area contributed by atoms with E-state index >= 15 is 0 Å². The first kappa shape index (κ1) is 13.5. The van der Waals surface area contributed by atoms with E-state index in [1.54, 1.807) is 0 Å². The van der Waals surface area contributed by atoms with Gasteiger partial charge >= 0.3 is 0 Å². The maximum atomic E-state index is 12.0. The summed E-state index contributed by atoms with van der Waals surface area (Å²) in [4.78, 5) is 38.4. The van der Waals surface area contributed by atoms with Gasteiger partial charge in [0, 0.05) is 23.7 Å². The fraction of sp³-hybridized carbons (Fsp3) is 0.500. The number of H-pyrrole nitrogens is 1. The maximum Gasteiger partial charge on any atom is 0.261 e. The Labute approximate surface area is 111 Å². The highest BCUT2D eigenvalue weighted by Crippen LogP contribution is 2.23.